The molecule has 1 heterocycles. The van der Waals surface area contributed by atoms with Gasteiger partial charge in [-0.25, -0.2) is 0 Å². The van der Waals surface area contributed by atoms with Gasteiger partial charge >= 0.3 is 0 Å². The second-order valence-electron chi connectivity index (χ2n) is 5.39. The zero-order valence-corrected chi connectivity index (χ0v) is 13.1. The molecule has 114 valence electrons. The number of carbonyl (C=O) groups is 1. The molecule has 2 rings (SSSR count). The van der Waals surface area contributed by atoms with Gasteiger partial charge in [0.25, 0.3) is 0 Å². The molecule has 0 saturated carbocycles. The highest BCUT2D eigenvalue weighted by Gasteiger charge is 2.25. The van der Waals surface area contributed by atoms with Crippen LogP contribution in [0.3, 0.4) is 0 Å². The lowest BCUT2D eigenvalue weighted by atomic mass is 9.92. The van der Waals surface area contributed by atoms with Gasteiger partial charge in [-0.15, -0.1) is 22.6 Å². The van der Waals surface area contributed by atoms with E-state index in [1.165, 1.54) is 0 Å². The maximum Gasteiger partial charge on any atom is 0.231 e. The van der Waals surface area contributed by atoms with Crippen LogP contribution in [0.4, 0.5) is 5.69 Å². The second-order valence-corrected chi connectivity index (χ2v) is 5.39. The van der Waals surface area contributed by atoms with Crippen molar-refractivity contribution in [3.8, 4) is 11.4 Å². The quantitative estimate of drug-likeness (QED) is 0.902. The van der Waals surface area contributed by atoms with E-state index in [2.05, 4.69) is 15.5 Å². The number of nitrogens with zero attached hydrogens (tertiary/aromatic N) is 3. The van der Waals surface area contributed by atoms with Crippen molar-refractivity contribution < 1.29 is 4.79 Å². The molecule has 3 N–H and O–H groups in total. The van der Waals surface area contributed by atoms with Crippen LogP contribution < -0.4 is 11.1 Å². The SMILES string of the molecule is Cl.Cn1cnnc1-c1cccc(NC(=O)C(C)(C)CN)c1. The Morgan fingerprint density at radius 3 is 2.71 bits per heavy atom. The van der Waals surface area contributed by atoms with Gasteiger partial charge < -0.3 is 15.6 Å². The molecule has 0 aliphatic heterocycles. The largest absolute Gasteiger partial charge is 0.329 e. The number of hydrogen-bond donors (Lipinski definition) is 2. The molecule has 2 aromatic rings. The molecule has 0 saturated heterocycles. The Morgan fingerprint density at radius 1 is 1.43 bits per heavy atom. The molecule has 7 heteroatoms. The summed E-state index contributed by atoms with van der Waals surface area (Å²) in [5.41, 5.74) is 6.63. The van der Waals surface area contributed by atoms with Crippen molar-refractivity contribution in [3.63, 3.8) is 0 Å². The number of benzene rings is 1. The summed E-state index contributed by atoms with van der Waals surface area (Å²) < 4.78 is 1.82. The summed E-state index contributed by atoms with van der Waals surface area (Å²) >= 11 is 0. The van der Waals surface area contributed by atoms with E-state index >= 15 is 0 Å². The number of halogens is 1. The smallest absolute Gasteiger partial charge is 0.231 e. The standard InChI is InChI=1S/C14H19N5O.ClH/c1-14(2,8-15)13(20)17-11-6-4-5-10(7-11)12-18-16-9-19(12)3;/h4-7,9H,8,15H2,1-3H3,(H,17,20);1H. The molecule has 0 unspecified atom stereocenters. The predicted octanol–water partition coefficient (Wildman–Crippen LogP) is 1.83. The van der Waals surface area contributed by atoms with Crippen molar-refractivity contribution in [1.82, 2.24) is 14.8 Å². The first kappa shape index (κ1) is 17.1. The Kier molecular flexibility index (Phi) is 5.46. The second kappa shape index (κ2) is 6.69. The molecule has 0 aliphatic rings. The average Bonchev–Trinajstić information content (AvgIpc) is 2.85. The van der Waals surface area contributed by atoms with Crippen molar-refractivity contribution in [3.05, 3.63) is 30.6 Å². The van der Waals surface area contributed by atoms with E-state index in [1.807, 2.05) is 49.7 Å². The summed E-state index contributed by atoms with van der Waals surface area (Å²) in [5.74, 6) is 0.647. The number of anilines is 1. The van der Waals surface area contributed by atoms with Gasteiger partial charge in [-0.2, -0.15) is 0 Å². The van der Waals surface area contributed by atoms with Gasteiger partial charge in [0.2, 0.25) is 5.91 Å². The van der Waals surface area contributed by atoms with Crippen LogP contribution in [0.2, 0.25) is 0 Å². The van der Waals surface area contributed by atoms with E-state index in [9.17, 15) is 4.79 Å². The number of nitrogens with two attached hydrogens (primary N) is 1. The molecule has 0 bridgehead atoms. The van der Waals surface area contributed by atoms with E-state index in [0.717, 1.165) is 17.1 Å². The monoisotopic (exact) mass is 309 g/mol. The molecule has 0 fully saturated rings. The third-order valence-corrected chi connectivity index (χ3v) is 3.22. The van der Waals surface area contributed by atoms with E-state index in [-0.39, 0.29) is 18.3 Å². The third-order valence-electron chi connectivity index (χ3n) is 3.22. The van der Waals surface area contributed by atoms with Gasteiger partial charge in [-0.3, -0.25) is 4.79 Å². The molecular weight excluding hydrogens is 290 g/mol. The first-order valence-corrected chi connectivity index (χ1v) is 6.40. The Labute approximate surface area is 130 Å². The normalized spacial score (nSPS) is 10.9. The van der Waals surface area contributed by atoms with Gasteiger partial charge in [0.1, 0.15) is 6.33 Å². The van der Waals surface area contributed by atoms with Gasteiger partial charge in [-0.05, 0) is 26.0 Å². The van der Waals surface area contributed by atoms with Crippen LogP contribution in [-0.2, 0) is 11.8 Å². The van der Waals surface area contributed by atoms with Crippen LogP contribution in [0, 0.1) is 5.41 Å². The maximum absolute atomic E-state index is 12.1. The molecule has 0 atom stereocenters. The lowest BCUT2D eigenvalue weighted by Crippen LogP contribution is -2.37. The third kappa shape index (κ3) is 3.80. The molecule has 1 aromatic heterocycles. The highest BCUT2D eigenvalue weighted by Crippen LogP contribution is 2.22. The Balaban J connectivity index is 0.00000220. The number of carbonyl (C=O) groups excluding carboxylic acids is 1. The lowest BCUT2D eigenvalue weighted by molar-refractivity contribution is -0.123. The zero-order chi connectivity index (χ0) is 14.8. The van der Waals surface area contributed by atoms with Crippen molar-refractivity contribution in [2.75, 3.05) is 11.9 Å². The molecule has 0 radical (unpaired) electrons. The van der Waals surface area contributed by atoms with Crippen LogP contribution in [0.25, 0.3) is 11.4 Å². The molecule has 21 heavy (non-hydrogen) atoms. The van der Waals surface area contributed by atoms with Crippen LogP contribution >= 0.6 is 12.4 Å². The fourth-order valence-corrected chi connectivity index (χ4v) is 1.67. The number of rotatable bonds is 4. The fourth-order valence-electron chi connectivity index (χ4n) is 1.67. The lowest BCUT2D eigenvalue weighted by Gasteiger charge is -2.21. The summed E-state index contributed by atoms with van der Waals surface area (Å²) in [6.07, 6.45) is 1.64. The van der Waals surface area contributed by atoms with E-state index in [4.69, 9.17) is 5.73 Å². The zero-order valence-electron chi connectivity index (χ0n) is 12.3. The minimum Gasteiger partial charge on any atom is -0.329 e. The number of amides is 1. The molecule has 0 aliphatic carbocycles. The molecule has 1 amide bonds. The topological polar surface area (TPSA) is 85.8 Å². The minimum atomic E-state index is -0.596. The first-order chi connectivity index (χ1) is 9.44. The van der Waals surface area contributed by atoms with E-state index < -0.39 is 5.41 Å². The molecule has 1 aromatic carbocycles. The Bertz CT molecular complexity index is 623. The summed E-state index contributed by atoms with van der Waals surface area (Å²) in [6.45, 7) is 3.92. The summed E-state index contributed by atoms with van der Waals surface area (Å²) in [7, 11) is 1.87. The highest BCUT2D eigenvalue weighted by molar-refractivity contribution is 5.95. The van der Waals surface area contributed by atoms with Gasteiger partial charge in [0.15, 0.2) is 5.82 Å². The van der Waals surface area contributed by atoms with Crippen molar-refractivity contribution in [2.24, 2.45) is 18.2 Å². The Hall–Kier alpha value is -1.92. The van der Waals surface area contributed by atoms with Gasteiger partial charge in [0, 0.05) is 24.8 Å². The molecule has 0 spiro atoms. The van der Waals surface area contributed by atoms with E-state index in [1.54, 1.807) is 6.33 Å². The van der Waals surface area contributed by atoms with E-state index in [0.29, 0.717) is 6.54 Å². The summed E-state index contributed by atoms with van der Waals surface area (Å²) in [6, 6.07) is 7.50. The fraction of sp³-hybridized carbons (Fsp3) is 0.357. The number of aromatic nitrogens is 3. The number of hydrogen-bond acceptors (Lipinski definition) is 4. The van der Waals surface area contributed by atoms with Crippen LogP contribution in [0.1, 0.15) is 13.8 Å². The number of nitrogens with one attached hydrogen (secondary N) is 1. The van der Waals surface area contributed by atoms with Crippen LogP contribution in [0.5, 0.6) is 0 Å². The summed E-state index contributed by atoms with van der Waals surface area (Å²) in [5, 5.41) is 10.8. The minimum absolute atomic E-state index is 0. The number of aryl methyl sites for hydroxylation is 1. The molecule has 6 nitrogen and oxygen atoms in total. The van der Waals surface area contributed by atoms with Crippen LogP contribution in [0.15, 0.2) is 30.6 Å². The summed E-state index contributed by atoms with van der Waals surface area (Å²) in [4.78, 5) is 12.1. The van der Waals surface area contributed by atoms with Crippen molar-refractivity contribution in [1.29, 1.82) is 0 Å². The average molecular weight is 310 g/mol. The van der Waals surface area contributed by atoms with Gasteiger partial charge in [0.05, 0.1) is 5.41 Å². The van der Waals surface area contributed by atoms with Crippen molar-refractivity contribution in [2.45, 2.75) is 13.8 Å². The first-order valence-electron chi connectivity index (χ1n) is 6.40. The van der Waals surface area contributed by atoms with Crippen LogP contribution in [-0.4, -0.2) is 27.2 Å². The van der Waals surface area contributed by atoms with Gasteiger partial charge in [-0.1, -0.05) is 12.1 Å². The molecular formula is C14H20ClN5O. The predicted molar refractivity (Wildman–Crippen MR) is 85.2 cm³/mol. The maximum atomic E-state index is 12.1. The van der Waals surface area contributed by atoms with Crippen molar-refractivity contribution >= 4 is 24.0 Å². The Morgan fingerprint density at radius 2 is 2.14 bits per heavy atom. The highest BCUT2D eigenvalue weighted by atomic mass is 35.5.